The number of primary amides is 1. The predicted molar refractivity (Wildman–Crippen MR) is 82.7 cm³/mol. The van der Waals surface area contributed by atoms with Crippen LogP contribution in [0.3, 0.4) is 0 Å². The number of nitrogens with two attached hydrogens (primary N) is 1. The molecule has 118 valence electrons. The van der Waals surface area contributed by atoms with E-state index in [-0.39, 0.29) is 11.3 Å². The van der Waals surface area contributed by atoms with Crippen LogP contribution in [0.4, 0.5) is 22.7 Å². The molecule has 0 saturated carbocycles. The van der Waals surface area contributed by atoms with Crippen molar-refractivity contribution in [2.75, 3.05) is 5.32 Å². The third kappa shape index (κ3) is 3.40. The van der Waals surface area contributed by atoms with E-state index < -0.39 is 27.1 Å². The number of nitrogens with zero attached hydrogens (tertiary/aromatic N) is 2. The molecule has 0 fully saturated rings. The number of carbonyl (C=O) groups is 1. The summed E-state index contributed by atoms with van der Waals surface area (Å²) in [6, 6.07) is 8.57. The molecule has 0 unspecified atom stereocenters. The molecule has 3 N–H and O–H groups in total. The van der Waals surface area contributed by atoms with Crippen LogP contribution in [0.1, 0.15) is 15.9 Å². The highest BCUT2D eigenvalue weighted by Crippen LogP contribution is 2.37. The molecule has 0 spiro atoms. The van der Waals surface area contributed by atoms with E-state index in [0.717, 1.165) is 17.7 Å². The molecule has 9 heteroatoms. The standard InChI is InChI=1S/C14H12N4O5/c1-8-2-4-10(5-3-8)16-13-11(17(20)21)6-9(14(15)19)7-12(13)18(22)23/h2-7,16H,1H3,(H2,15,19). The molecule has 0 atom stereocenters. The van der Waals surface area contributed by atoms with E-state index in [4.69, 9.17) is 5.73 Å². The zero-order valence-corrected chi connectivity index (χ0v) is 12.0. The van der Waals surface area contributed by atoms with E-state index in [1.54, 1.807) is 24.3 Å². The molecule has 0 bridgehead atoms. The van der Waals surface area contributed by atoms with Gasteiger partial charge < -0.3 is 11.1 Å². The fourth-order valence-corrected chi connectivity index (χ4v) is 1.95. The van der Waals surface area contributed by atoms with Crippen molar-refractivity contribution in [3.8, 4) is 0 Å². The first kappa shape index (κ1) is 15.9. The lowest BCUT2D eigenvalue weighted by Crippen LogP contribution is -2.13. The quantitative estimate of drug-likeness (QED) is 0.641. The van der Waals surface area contributed by atoms with Gasteiger partial charge in [-0.05, 0) is 19.1 Å². The van der Waals surface area contributed by atoms with Crippen LogP contribution in [-0.2, 0) is 0 Å². The minimum Gasteiger partial charge on any atom is -0.366 e. The number of aryl methyl sites for hydroxylation is 1. The molecule has 23 heavy (non-hydrogen) atoms. The number of nitro groups is 2. The van der Waals surface area contributed by atoms with Crippen molar-refractivity contribution < 1.29 is 14.6 Å². The number of rotatable bonds is 5. The van der Waals surface area contributed by atoms with Crippen LogP contribution in [0.25, 0.3) is 0 Å². The lowest BCUT2D eigenvalue weighted by molar-refractivity contribution is -0.392. The highest BCUT2D eigenvalue weighted by atomic mass is 16.6. The Morgan fingerprint density at radius 3 is 1.91 bits per heavy atom. The van der Waals surface area contributed by atoms with Crippen LogP contribution >= 0.6 is 0 Å². The lowest BCUT2D eigenvalue weighted by atomic mass is 10.1. The van der Waals surface area contributed by atoms with Crippen molar-refractivity contribution in [1.29, 1.82) is 0 Å². The third-order valence-corrected chi connectivity index (χ3v) is 3.10. The maximum Gasteiger partial charge on any atom is 0.300 e. The number of amides is 1. The minimum absolute atomic E-state index is 0.308. The average molecular weight is 316 g/mol. The second-order valence-corrected chi connectivity index (χ2v) is 4.76. The molecule has 2 rings (SSSR count). The second kappa shape index (κ2) is 6.10. The van der Waals surface area contributed by atoms with Crippen molar-refractivity contribution in [2.24, 2.45) is 5.73 Å². The van der Waals surface area contributed by atoms with E-state index in [2.05, 4.69) is 5.32 Å². The third-order valence-electron chi connectivity index (χ3n) is 3.10. The Hall–Kier alpha value is -3.49. The molecule has 2 aromatic carbocycles. The molecule has 0 aromatic heterocycles. The summed E-state index contributed by atoms with van der Waals surface area (Å²) in [5.74, 6) is -0.988. The van der Waals surface area contributed by atoms with Crippen molar-refractivity contribution in [3.63, 3.8) is 0 Å². The van der Waals surface area contributed by atoms with Gasteiger partial charge in [-0.25, -0.2) is 0 Å². The van der Waals surface area contributed by atoms with Crippen LogP contribution in [0.2, 0.25) is 0 Å². The molecule has 1 amide bonds. The summed E-state index contributed by atoms with van der Waals surface area (Å²) in [4.78, 5) is 32.0. The number of nitrogens with one attached hydrogen (secondary N) is 1. The van der Waals surface area contributed by atoms with Crippen LogP contribution in [0.5, 0.6) is 0 Å². The molecular formula is C14H12N4O5. The van der Waals surface area contributed by atoms with E-state index in [1.165, 1.54) is 0 Å². The number of hydrogen-bond donors (Lipinski definition) is 2. The summed E-state index contributed by atoms with van der Waals surface area (Å²) in [6.45, 7) is 1.86. The summed E-state index contributed by atoms with van der Waals surface area (Å²) in [6.07, 6.45) is 0. The molecule has 0 radical (unpaired) electrons. The van der Waals surface area contributed by atoms with Crippen molar-refractivity contribution in [1.82, 2.24) is 0 Å². The zero-order valence-electron chi connectivity index (χ0n) is 12.0. The first-order valence-electron chi connectivity index (χ1n) is 6.40. The maximum absolute atomic E-state index is 11.2. The fraction of sp³-hybridized carbons (Fsp3) is 0.0714. The molecule has 0 aliphatic rings. The van der Waals surface area contributed by atoms with Gasteiger partial charge in [-0.1, -0.05) is 17.7 Å². The van der Waals surface area contributed by atoms with Gasteiger partial charge in [0.15, 0.2) is 5.69 Å². The Kier molecular flexibility index (Phi) is 4.21. The van der Waals surface area contributed by atoms with Gasteiger partial charge in [-0.15, -0.1) is 0 Å². The molecule has 0 aliphatic carbocycles. The zero-order chi connectivity index (χ0) is 17.1. The average Bonchev–Trinajstić information content (AvgIpc) is 2.48. The molecule has 2 aromatic rings. The number of anilines is 2. The van der Waals surface area contributed by atoms with Crippen LogP contribution in [0.15, 0.2) is 36.4 Å². The van der Waals surface area contributed by atoms with Gasteiger partial charge in [0.1, 0.15) is 0 Å². The molecular weight excluding hydrogens is 304 g/mol. The maximum atomic E-state index is 11.2. The van der Waals surface area contributed by atoms with Crippen molar-refractivity contribution >= 4 is 28.7 Å². The summed E-state index contributed by atoms with van der Waals surface area (Å²) < 4.78 is 0. The van der Waals surface area contributed by atoms with Crippen molar-refractivity contribution in [3.05, 3.63) is 67.8 Å². The van der Waals surface area contributed by atoms with Crippen molar-refractivity contribution in [2.45, 2.75) is 6.92 Å². The van der Waals surface area contributed by atoms with Crippen LogP contribution in [0, 0.1) is 27.2 Å². The number of benzene rings is 2. The van der Waals surface area contributed by atoms with Gasteiger partial charge in [0, 0.05) is 17.8 Å². The Labute approximate surface area is 130 Å². The summed E-state index contributed by atoms with van der Waals surface area (Å²) >= 11 is 0. The summed E-state index contributed by atoms with van der Waals surface area (Å²) in [7, 11) is 0. The van der Waals surface area contributed by atoms with Gasteiger partial charge >= 0.3 is 11.4 Å². The monoisotopic (exact) mass is 316 g/mol. The Morgan fingerprint density at radius 2 is 1.52 bits per heavy atom. The minimum atomic E-state index is -0.988. The van der Waals surface area contributed by atoms with Gasteiger partial charge in [-0.3, -0.25) is 25.0 Å². The molecule has 9 nitrogen and oxygen atoms in total. The van der Waals surface area contributed by atoms with E-state index in [9.17, 15) is 25.0 Å². The highest BCUT2D eigenvalue weighted by Gasteiger charge is 2.28. The topological polar surface area (TPSA) is 141 Å². The molecule has 0 aliphatic heterocycles. The fourth-order valence-electron chi connectivity index (χ4n) is 1.95. The molecule has 0 saturated heterocycles. The number of hydrogen-bond acceptors (Lipinski definition) is 6. The second-order valence-electron chi connectivity index (χ2n) is 4.76. The van der Waals surface area contributed by atoms with E-state index in [0.29, 0.717) is 5.69 Å². The Bertz CT molecular complexity index is 766. The lowest BCUT2D eigenvalue weighted by Gasteiger charge is -2.09. The smallest absolute Gasteiger partial charge is 0.300 e. The van der Waals surface area contributed by atoms with Gasteiger partial charge in [0.25, 0.3) is 0 Å². The number of carbonyl (C=O) groups excluding carboxylic acids is 1. The van der Waals surface area contributed by atoms with Crippen LogP contribution < -0.4 is 11.1 Å². The predicted octanol–water partition coefficient (Wildman–Crippen LogP) is 2.65. The van der Waals surface area contributed by atoms with E-state index >= 15 is 0 Å². The first-order valence-corrected chi connectivity index (χ1v) is 6.40. The van der Waals surface area contributed by atoms with Crippen LogP contribution in [-0.4, -0.2) is 15.8 Å². The normalized spacial score (nSPS) is 10.1. The summed E-state index contributed by atoms with van der Waals surface area (Å²) in [5.41, 5.74) is 4.64. The SMILES string of the molecule is Cc1ccc(Nc2c([N+](=O)[O-])cc(C(N)=O)cc2[N+](=O)[O-])cc1. The molecule has 0 heterocycles. The number of nitro benzene ring substituents is 2. The summed E-state index contributed by atoms with van der Waals surface area (Å²) in [5, 5.41) is 25.1. The van der Waals surface area contributed by atoms with Gasteiger partial charge in [0.05, 0.1) is 15.4 Å². The largest absolute Gasteiger partial charge is 0.366 e. The Balaban J connectivity index is 2.63. The highest BCUT2D eigenvalue weighted by molar-refractivity contribution is 5.96. The Morgan fingerprint density at radius 1 is 1.04 bits per heavy atom. The first-order chi connectivity index (χ1) is 10.8. The van der Waals surface area contributed by atoms with Gasteiger partial charge in [0.2, 0.25) is 5.91 Å². The van der Waals surface area contributed by atoms with E-state index in [1.807, 2.05) is 6.92 Å². The van der Waals surface area contributed by atoms with Gasteiger partial charge in [-0.2, -0.15) is 0 Å².